The van der Waals surface area contributed by atoms with Crippen molar-refractivity contribution < 1.29 is 13.2 Å². The van der Waals surface area contributed by atoms with E-state index in [1.165, 1.54) is 0 Å². The molecule has 1 saturated heterocycles. The fourth-order valence-electron chi connectivity index (χ4n) is 2.88. The lowest BCUT2D eigenvalue weighted by molar-refractivity contribution is 0.353. The van der Waals surface area contributed by atoms with Gasteiger partial charge >= 0.3 is 0 Å². The van der Waals surface area contributed by atoms with E-state index >= 15 is 0 Å². The molecule has 1 aromatic carbocycles. The molecule has 1 aliphatic heterocycles. The third-order valence-corrected chi connectivity index (χ3v) is 6.96. The predicted molar refractivity (Wildman–Crippen MR) is 97.5 cm³/mol. The van der Waals surface area contributed by atoms with Crippen LogP contribution in [-0.4, -0.2) is 63.6 Å². The summed E-state index contributed by atoms with van der Waals surface area (Å²) in [6.45, 7) is 5.17. The van der Waals surface area contributed by atoms with Crippen molar-refractivity contribution in [2.24, 2.45) is 4.99 Å². The van der Waals surface area contributed by atoms with Crippen LogP contribution in [0.3, 0.4) is 0 Å². The Hall–Kier alpha value is -1.76. The summed E-state index contributed by atoms with van der Waals surface area (Å²) in [6, 6.07) is 7.93. The maximum absolute atomic E-state index is 12.1. The van der Waals surface area contributed by atoms with E-state index in [1.807, 2.05) is 29.2 Å². The molecule has 134 valence electrons. The van der Waals surface area contributed by atoms with Crippen LogP contribution in [0.4, 0.5) is 0 Å². The first kappa shape index (κ1) is 18.6. The number of ether oxygens (including phenoxy) is 1. The molecule has 0 saturated carbocycles. The van der Waals surface area contributed by atoms with Gasteiger partial charge in [-0.1, -0.05) is 18.2 Å². The molecule has 0 unspecified atom stereocenters. The topological polar surface area (TPSA) is 71.0 Å². The fraction of sp³-hybridized carbons (Fsp3) is 0.588. The molecule has 7 heteroatoms. The van der Waals surface area contributed by atoms with Crippen LogP contribution in [0.25, 0.3) is 0 Å². The van der Waals surface area contributed by atoms with Crippen molar-refractivity contribution in [1.82, 2.24) is 10.2 Å². The van der Waals surface area contributed by atoms with Gasteiger partial charge in [0.2, 0.25) is 0 Å². The van der Waals surface area contributed by atoms with Crippen molar-refractivity contribution >= 4 is 15.8 Å². The highest BCUT2D eigenvalue weighted by Crippen LogP contribution is 2.23. The smallest absolute Gasteiger partial charge is 0.193 e. The van der Waals surface area contributed by atoms with Crippen LogP contribution < -0.4 is 10.1 Å². The molecule has 1 aromatic rings. The summed E-state index contributed by atoms with van der Waals surface area (Å²) < 4.78 is 28.9. The molecule has 1 heterocycles. The quantitative estimate of drug-likeness (QED) is 0.653. The van der Waals surface area contributed by atoms with Gasteiger partial charge in [0.1, 0.15) is 5.75 Å². The number of hydrogen-bond donors (Lipinski definition) is 1. The molecular formula is C17H27N3O3S. The first-order valence-electron chi connectivity index (χ1n) is 8.10. The molecule has 0 bridgehead atoms. The van der Waals surface area contributed by atoms with Gasteiger partial charge in [-0.15, -0.1) is 0 Å². The third-order valence-electron chi connectivity index (χ3n) is 4.42. The highest BCUT2D eigenvalue weighted by molar-refractivity contribution is 7.92. The fourth-order valence-corrected chi connectivity index (χ4v) is 4.24. The molecule has 1 N–H and O–H groups in total. The van der Waals surface area contributed by atoms with Crippen LogP contribution in [0.2, 0.25) is 0 Å². The molecule has 0 aliphatic carbocycles. The van der Waals surface area contributed by atoms with Crippen LogP contribution in [0.15, 0.2) is 29.3 Å². The number of benzene rings is 1. The number of nitrogens with zero attached hydrogens (tertiary/aromatic N) is 2. The summed E-state index contributed by atoms with van der Waals surface area (Å²) >= 11 is 0. The van der Waals surface area contributed by atoms with Crippen LogP contribution in [0.5, 0.6) is 5.75 Å². The molecule has 24 heavy (non-hydrogen) atoms. The Morgan fingerprint density at radius 1 is 1.38 bits per heavy atom. The van der Waals surface area contributed by atoms with Gasteiger partial charge in [-0.05, 0) is 31.9 Å². The summed E-state index contributed by atoms with van der Waals surface area (Å²) in [6.07, 6.45) is 0.804. The monoisotopic (exact) mass is 353 g/mol. The number of para-hydroxylation sites is 1. The normalized spacial score (nSPS) is 19.8. The average Bonchev–Trinajstić information content (AvgIpc) is 2.55. The zero-order valence-corrected chi connectivity index (χ0v) is 15.7. The van der Waals surface area contributed by atoms with Crippen LogP contribution in [0.1, 0.15) is 19.4 Å². The first-order chi connectivity index (χ1) is 11.3. The minimum atomic E-state index is -3.05. The van der Waals surface area contributed by atoms with Crippen molar-refractivity contribution in [1.29, 1.82) is 0 Å². The van der Waals surface area contributed by atoms with Gasteiger partial charge in [0, 0.05) is 26.7 Å². The van der Waals surface area contributed by atoms with Crippen molar-refractivity contribution in [2.75, 3.05) is 39.5 Å². The van der Waals surface area contributed by atoms with E-state index < -0.39 is 14.6 Å². The van der Waals surface area contributed by atoms with Gasteiger partial charge in [0.25, 0.3) is 0 Å². The number of aliphatic imine (C=N–C) groups is 1. The summed E-state index contributed by atoms with van der Waals surface area (Å²) in [7, 11) is 0.343. The van der Waals surface area contributed by atoms with Gasteiger partial charge in [0.15, 0.2) is 15.8 Å². The largest absolute Gasteiger partial charge is 0.496 e. The second-order valence-electron chi connectivity index (χ2n) is 6.54. The Balaban J connectivity index is 1.96. The molecule has 0 radical (unpaired) electrons. The zero-order chi connectivity index (χ0) is 17.8. The average molecular weight is 353 g/mol. The number of rotatable bonds is 4. The summed E-state index contributed by atoms with van der Waals surface area (Å²) in [4.78, 5) is 6.32. The molecule has 0 aromatic heterocycles. The number of methoxy groups -OCH3 is 1. The number of sulfone groups is 1. The lowest BCUT2D eigenvalue weighted by Crippen LogP contribution is -2.57. The highest BCUT2D eigenvalue weighted by Gasteiger charge is 2.40. The molecule has 6 nitrogen and oxygen atoms in total. The predicted octanol–water partition coefficient (Wildman–Crippen LogP) is 1.32. The minimum Gasteiger partial charge on any atom is -0.496 e. The lowest BCUT2D eigenvalue weighted by atomic mass is 10.1. The molecule has 1 aliphatic rings. The van der Waals surface area contributed by atoms with Crippen molar-refractivity contribution in [3.05, 3.63) is 29.8 Å². The minimum absolute atomic E-state index is 0.160. The maximum atomic E-state index is 12.1. The van der Waals surface area contributed by atoms with Gasteiger partial charge in [-0.3, -0.25) is 4.99 Å². The Kier molecular flexibility index (Phi) is 5.74. The molecule has 0 atom stereocenters. The van der Waals surface area contributed by atoms with E-state index in [9.17, 15) is 8.42 Å². The summed E-state index contributed by atoms with van der Waals surface area (Å²) in [5.74, 6) is 1.78. The molecule has 1 fully saturated rings. The van der Waals surface area contributed by atoms with Gasteiger partial charge in [-0.25, -0.2) is 8.42 Å². The van der Waals surface area contributed by atoms with E-state index in [0.717, 1.165) is 23.7 Å². The maximum Gasteiger partial charge on any atom is 0.193 e. The van der Waals surface area contributed by atoms with Crippen molar-refractivity contribution in [3.63, 3.8) is 0 Å². The van der Waals surface area contributed by atoms with Gasteiger partial charge in [0.05, 0.1) is 17.6 Å². The van der Waals surface area contributed by atoms with E-state index in [0.29, 0.717) is 19.6 Å². The lowest BCUT2D eigenvalue weighted by Gasteiger charge is -2.39. The SMILES string of the molecule is CN=C(NCCc1ccccc1OC)N1CCS(=O)(=O)C(C)(C)C1. The Morgan fingerprint density at radius 2 is 2.08 bits per heavy atom. The molecule has 0 spiro atoms. The highest BCUT2D eigenvalue weighted by atomic mass is 32.2. The van der Waals surface area contributed by atoms with Crippen LogP contribution in [-0.2, 0) is 16.3 Å². The summed E-state index contributed by atoms with van der Waals surface area (Å²) in [5.41, 5.74) is 1.13. The van der Waals surface area contributed by atoms with E-state index in [-0.39, 0.29) is 5.75 Å². The molecule has 0 amide bonds. The second-order valence-corrected chi connectivity index (χ2v) is 9.28. The van der Waals surface area contributed by atoms with E-state index in [2.05, 4.69) is 10.3 Å². The number of hydrogen-bond acceptors (Lipinski definition) is 4. The first-order valence-corrected chi connectivity index (χ1v) is 9.76. The van der Waals surface area contributed by atoms with Gasteiger partial charge < -0.3 is 15.0 Å². The zero-order valence-electron chi connectivity index (χ0n) is 14.9. The number of nitrogens with one attached hydrogen (secondary N) is 1. The Bertz CT molecular complexity index is 699. The molecular weight excluding hydrogens is 326 g/mol. The van der Waals surface area contributed by atoms with Crippen LogP contribution in [0, 0.1) is 0 Å². The van der Waals surface area contributed by atoms with Crippen LogP contribution >= 0.6 is 0 Å². The van der Waals surface area contributed by atoms with Gasteiger partial charge in [-0.2, -0.15) is 0 Å². The summed E-state index contributed by atoms with van der Waals surface area (Å²) in [5, 5.41) is 3.33. The molecule has 2 rings (SSSR count). The Morgan fingerprint density at radius 3 is 2.71 bits per heavy atom. The third kappa shape index (κ3) is 4.01. The van der Waals surface area contributed by atoms with Crippen molar-refractivity contribution in [3.8, 4) is 5.75 Å². The standard InChI is InChI=1S/C17H27N3O3S/c1-17(2)13-20(11-12-24(17,21)22)16(18-3)19-10-9-14-7-5-6-8-15(14)23-4/h5-8H,9-13H2,1-4H3,(H,18,19). The second kappa shape index (κ2) is 7.42. The number of guanidine groups is 1. The van der Waals surface area contributed by atoms with E-state index in [1.54, 1.807) is 28.0 Å². The van der Waals surface area contributed by atoms with Crippen molar-refractivity contribution in [2.45, 2.75) is 25.0 Å². The Labute approximate surface area is 144 Å². The van der Waals surface area contributed by atoms with E-state index in [4.69, 9.17) is 4.74 Å².